The van der Waals surface area contributed by atoms with Crippen LogP contribution in [0.4, 0.5) is 0 Å². The molecule has 5 aromatic rings. The van der Waals surface area contributed by atoms with Gasteiger partial charge in [-0.1, -0.05) is 72.2 Å². The maximum atomic E-state index is 13.5. The third-order valence-corrected chi connectivity index (χ3v) is 9.46. The van der Waals surface area contributed by atoms with Crippen molar-refractivity contribution in [2.45, 2.75) is 32.8 Å². The first-order valence-corrected chi connectivity index (χ1v) is 15.1. The number of hydrogen-bond acceptors (Lipinski definition) is 5. The quantitative estimate of drug-likeness (QED) is 0.150. The van der Waals surface area contributed by atoms with Crippen molar-refractivity contribution in [3.63, 3.8) is 0 Å². The number of hydrogen-bond donors (Lipinski definition) is 0. The van der Waals surface area contributed by atoms with Gasteiger partial charge in [0.05, 0.1) is 28.7 Å². The average molecular weight is 728 g/mol. The fourth-order valence-electron chi connectivity index (χ4n) is 4.45. The Bertz CT molecular complexity index is 1810. The van der Waals surface area contributed by atoms with Crippen molar-refractivity contribution in [1.82, 2.24) is 9.66 Å². The van der Waals surface area contributed by atoms with Crippen molar-refractivity contribution in [2.75, 3.05) is 7.11 Å². The Kier molecular flexibility index (Phi) is 8.73. The fraction of sp³-hybridized carbons (Fsp3) is 0.194. The number of ether oxygens (including phenoxy) is 2. The summed E-state index contributed by atoms with van der Waals surface area (Å²) in [6.07, 6.45) is 2.44. The molecule has 0 amide bonds. The maximum Gasteiger partial charge on any atom is 0.282 e. The molecule has 0 bridgehead atoms. The number of benzene rings is 4. The second-order valence-corrected chi connectivity index (χ2v) is 11.9. The third kappa shape index (κ3) is 5.60. The van der Waals surface area contributed by atoms with E-state index in [1.165, 1.54) is 4.68 Å². The second-order valence-electron chi connectivity index (χ2n) is 9.35. The zero-order valence-electron chi connectivity index (χ0n) is 22.1. The molecule has 5 rings (SSSR count). The van der Waals surface area contributed by atoms with E-state index in [1.54, 1.807) is 19.4 Å². The van der Waals surface area contributed by atoms with Crippen LogP contribution in [0.15, 0.2) is 90.0 Å². The lowest BCUT2D eigenvalue weighted by molar-refractivity contribution is 0.283. The van der Waals surface area contributed by atoms with Crippen molar-refractivity contribution in [1.29, 1.82) is 0 Å². The van der Waals surface area contributed by atoms with Crippen LogP contribution in [0.3, 0.4) is 0 Å². The summed E-state index contributed by atoms with van der Waals surface area (Å²) < 4.78 is 15.6. The summed E-state index contributed by atoms with van der Waals surface area (Å²) in [6.45, 7) is 4.46. The Balaban J connectivity index is 1.53. The van der Waals surface area contributed by atoms with E-state index in [4.69, 9.17) is 14.5 Å². The SMILES string of the molecule is CC[C@@H](C)c1nc2ccc(Br)cc2c(=O)n1N=Cc1cc(OC)c(OCc2cccc3ccccc23)c(Br)c1Br. The third-order valence-electron chi connectivity index (χ3n) is 6.83. The molecule has 0 aliphatic heterocycles. The molecule has 0 unspecified atom stereocenters. The minimum absolute atomic E-state index is 0.0347. The standard InChI is InChI=1S/C31H26Br3N3O3/c1-4-18(2)30-36-25-13-12-22(32)15-24(25)31(38)37(30)35-16-21-14-26(39-3)29(28(34)27(21)33)40-17-20-10-7-9-19-8-5-6-11-23(19)20/h5-16,18H,4,17H2,1-3H3/t18-/m1/s1. The number of fused-ring (bicyclic) bond motifs is 2. The molecule has 0 saturated carbocycles. The molecule has 0 N–H and O–H groups in total. The van der Waals surface area contributed by atoms with Crippen LogP contribution >= 0.6 is 47.8 Å². The van der Waals surface area contributed by atoms with E-state index in [0.29, 0.717) is 44.9 Å². The highest BCUT2D eigenvalue weighted by atomic mass is 79.9. The number of nitrogens with zero attached hydrogens (tertiary/aromatic N) is 3. The highest BCUT2D eigenvalue weighted by Crippen LogP contribution is 2.43. The monoisotopic (exact) mass is 725 g/mol. The van der Waals surface area contributed by atoms with Gasteiger partial charge in [0.2, 0.25) is 0 Å². The molecule has 0 spiro atoms. The molecule has 0 aliphatic carbocycles. The summed E-state index contributed by atoms with van der Waals surface area (Å²) in [5.74, 6) is 1.74. The van der Waals surface area contributed by atoms with Crippen LogP contribution in [-0.4, -0.2) is 23.0 Å². The molecule has 0 saturated heterocycles. The lowest BCUT2D eigenvalue weighted by Gasteiger charge is -2.16. The van der Waals surface area contributed by atoms with Crippen LogP contribution in [0.5, 0.6) is 11.5 Å². The van der Waals surface area contributed by atoms with Gasteiger partial charge in [0.25, 0.3) is 5.56 Å². The minimum atomic E-state index is -0.227. The van der Waals surface area contributed by atoms with Crippen molar-refractivity contribution < 1.29 is 9.47 Å². The van der Waals surface area contributed by atoms with Gasteiger partial charge < -0.3 is 9.47 Å². The van der Waals surface area contributed by atoms with Crippen LogP contribution in [0.1, 0.15) is 43.1 Å². The van der Waals surface area contributed by atoms with Gasteiger partial charge >= 0.3 is 0 Å². The summed E-state index contributed by atoms with van der Waals surface area (Å²) in [5.41, 5.74) is 2.20. The molecule has 204 valence electrons. The molecule has 0 fully saturated rings. The van der Waals surface area contributed by atoms with Gasteiger partial charge in [-0.05, 0) is 78.9 Å². The fourth-order valence-corrected chi connectivity index (χ4v) is 5.75. The van der Waals surface area contributed by atoms with Crippen LogP contribution in [0.2, 0.25) is 0 Å². The van der Waals surface area contributed by atoms with Gasteiger partial charge in [-0.15, -0.1) is 0 Å². The van der Waals surface area contributed by atoms with Crippen molar-refractivity contribution in [3.8, 4) is 11.5 Å². The van der Waals surface area contributed by atoms with Crippen molar-refractivity contribution in [3.05, 3.63) is 107 Å². The summed E-state index contributed by atoms with van der Waals surface area (Å²) in [7, 11) is 1.60. The predicted octanol–water partition coefficient (Wildman–Crippen LogP) is 8.82. The number of halogens is 3. The van der Waals surface area contributed by atoms with Gasteiger partial charge in [-0.2, -0.15) is 9.78 Å². The highest BCUT2D eigenvalue weighted by molar-refractivity contribution is 9.13. The zero-order chi connectivity index (χ0) is 28.4. The minimum Gasteiger partial charge on any atom is -0.493 e. The Morgan fingerprint density at radius 1 is 1.00 bits per heavy atom. The summed E-state index contributed by atoms with van der Waals surface area (Å²) in [4.78, 5) is 18.3. The summed E-state index contributed by atoms with van der Waals surface area (Å²) in [6, 6.07) is 21.7. The number of methoxy groups -OCH3 is 1. The second kappa shape index (κ2) is 12.2. The smallest absolute Gasteiger partial charge is 0.282 e. The predicted molar refractivity (Wildman–Crippen MR) is 172 cm³/mol. The van der Waals surface area contributed by atoms with Crippen molar-refractivity contribution in [2.24, 2.45) is 5.10 Å². The molecule has 1 heterocycles. The first-order chi connectivity index (χ1) is 19.3. The Labute approximate surface area is 257 Å². The van der Waals surface area contributed by atoms with Gasteiger partial charge in [0, 0.05) is 20.4 Å². The first-order valence-electron chi connectivity index (χ1n) is 12.7. The molecule has 0 aliphatic rings. The molecule has 6 nitrogen and oxygen atoms in total. The van der Waals surface area contributed by atoms with Crippen molar-refractivity contribution >= 4 is 75.7 Å². The van der Waals surface area contributed by atoms with Crippen LogP contribution in [0, 0.1) is 0 Å². The molecule has 1 atom stereocenters. The topological polar surface area (TPSA) is 65.7 Å². The van der Waals surface area contributed by atoms with Gasteiger partial charge in [0.1, 0.15) is 12.4 Å². The molecule has 1 aromatic heterocycles. The number of aromatic nitrogens is 2. The van der Waals surface area contributed by atoms with Crippen LogP contribution in [-0.2, 0) is 6.61 Å². The first kappa shape index (κ1) is 28.5. The highest BCUT2D eigenvalue weighted by Gasteiger charge is 2.19. The molecule has 0 radical (unpaired) electrons. The normalized spacial score (nSPS) is 12.3. The van der Waals surface area contributed by atoms with Crippen LogP contribution < -0.4 is 15.0 Å². The van der Waals surface area contributed by atoms with Gasteiger partial charge in [-0.25, -0.2) is 4.98 Å². The number of rotatable bonds is 8. The average Bonchev–Trinajstić information content (AvgIpc) is 2.97. The Hall–Kier alpha value is -3.01. The van der Waals surface area contributed by atoms with Gasteiger partial charge in [-0.3, -0.25) is 4.79 Å². The summed E-state index contributed by atoms with van der Waals surface area (Å²) >= 11 is 10.8. The maximum absolute atomic E-state index is 13.5. The summed E-state index contributed by atoms with van der Waals surface area (Å²) in [5, 5.41) is 7.41. The molecular weight excluding hydrogens is 702 g/mol. The molecule has 40 heavy (non-hydrogen) atoms. The molecule has 4 aromatic carbocycles. The van der Waals surface area contributed by atoms with E-state index >= 15 is 0 Å². The Morgan fingerprint density at radius 2 is 1.77 bits per heavy atom. The van der Waals surface area contributed by atoms with Crippen LogP contribution in [0.25, 0.3) is 21.7 Å². The zero-order valence-corrected chi connectivity index (χ0v) is 26.9. The van der Waals surface area contributed by atoms with Gasteiger partial charge in [0.15, 0.2) is 11.5 Å². The molecular formula is C31H26Br3N3O3. The van der Waals surface area contributed by atoms with E-state index in [9.17, 15) is 4.79 Å². The molecule has 9 heteroatoms. The Morgan fingerprint density at radius 3 is 2.55 bits per heavy atom. The van der Waals surface area contributed by atoms with E-state index < -0.39 is 0 Å². The largest absolute Gasteiger partial charge is 0.493 e. The lowest BCUT2D eigenvalue weighted by atomic mass is 10.1. The van der Waals surface area contributed by atoms with E-state index in [1.807, 2.05) is 43.3 Å². The lowest BCUT2D eigenvalue weighted by Crippen LogP contribution is -2.23. The van der Waals surface area contributed by atoms with E-state index in [0.717, 1.165) is 31.7 Å². The van der Waals surface area contributed by atoms with E-state index in [2.05, 4.69) is 84.1 Å². The van der Waals surface area contributed by atoms with E-state index in [-0.39, 0.29) is 11.5 Å².